The zero-order valence-electron chi connectivity index (χ0n) is 15.4. The molecule has 0 spiro atoms. The summed E-state index contributed by atoms with van der Waals surface area (Å²) < 4.78 is 0. The molecule has 0 radical (unpaired) electrons. The second-order valence-electron chi connectivity index (χ2n) is 4.65. The molecule has 0 aliphatic rings. The summed E-state index contributed by atoms with van der Waals surface area (Å²) in [6.07, 6.45) is 4.61. The molecule has 0 saturated carbocycles. The smallest absolute Gasteiger partial charge is 0.331 e. The Hall–Kier alpha value is -3.67. The van der Waals surface area contributed by atoms with Crippen molar-refractivity contribution in [3.8, 4) is 0 Å². The fourth-order valence-corrected chi connectivity index (χ4v) is 0.847. The van der Waals surface area contributed by atoms with Crippen molar-refractivity contribution in [2.75, 3.05) is 0 Å². The van der Waals surface area contributed by atoms with Crippen molar-refractivity contribution >= 4 is 24.0 Å². The SMILES string of the molecule is C=C(C)C(=O)O.C=C(CC(=O)O)C(=O)O.C=CC=C.C=Cc1ccccc1. The van der Waals surface area contributed by atoms with Gasteiger partial charge in [-0.05, 0) is 12.5 Å². The van der Waals surface area contributed by atoms with E-state index in [9.17, 15) is 14.4 Å². The summed E-state index contributed by atoms with van der Waals surface area (Å²) in [6, 6.07) is 10.0. The maximum absolute atomic E-state index is 9.87. The summed E-state index contributed by atoms with van der Waals surface area (Å²) >= 11 is 0. The first-order chi connectivity index (χ1) is 12.5. The van der Waals surface area contributed by atoms with Gasteiger partial charge in [0, 0.05) is 11.1 Å². The number of aliphatic carboxylic acids is 3. The fourth-order valence-electron chi connectivity index (χ4n) is 0.847. The van der Waals surface area contributed by atoms with E-state index in [2.05, 4.69) is 32.9 Å². The van der Waals surface area contributed by atoms with Gasteiger partial charge in [-0.3, -0.25) is 4.79 Å². The average Bonchev–Trinajstić information content (AvgIpc) is 2.63. The van der Waals surface area contributed by atoms with E-state index in [1.165, 1.54) is 12.5 Å². The summed E-state index contributed by atoms with van der Waals surface area (Å²) in [5, 5.41) is 24.0. The van der Waals surface area contributed by atoms with Crippen LogP contribution < -0.4 is 0 Å². The topological polar surface area (TPSA) is 112 Å². The maximum Gasteiger partial charge on any atom is 0.331 e. The van der Waals surface area contributed by atoms with E-state index in [1.54, 1.807) is 12.2 Å². The molecular weight excluding hydrogens is 348 g/mol. The Morgan fingerprint density at radius 3 is 1.44 bits per heavy atom. The second kappa shape index (κ2) is 18.7. The van der Waals surface area contributed by atoms with Gasteiger partial charge in [-0.1, -0.05) is 81.5 Å². The Kier molecular flexibility index (Phi) is 19.5. The van der Waals surface area contributed by atoms with Gasteiger partial charge in [0.25, 0.3) is 0 Å². The minimum Gasteiger partial charge on any atom is -0.481 e. The molecule has 1 aromatic rings. The van der Waals surface area contributed by atoms with Crippen molar-refractivity contribution in [2.24, 2.45) is 0 Å². The molecule has 1 rings (SSSR count). The molecule has 6 heteroatoms. The Balaban J connectivity index is -0.000000296. The van der Waals surface area contributed by atoms with Crippen LogP contribution in [-0.4, -0.2) is 33.2 Å². The molecule has 0 aromatic heterocycles. The molecule has 0 amide bonds. The Morgan fingerprint density at radius 2 is 1.30 bits per heavy atom. The summed E-state index contributed by atoms with van der Waals surface area (Å²) in [4.78, 5) is 29.3. The van der Waals surface area contributed by atoms with E-state index in [4.69, 9.17) is 15.3 Å². The van der Waals surface area contributed by atoms with Crippen LogP contribution in [0.3, 0.4) is 0 Å². The summed E-state index contributed by atoms with van der Waals surface area (Å²) in [6.45, 7) is 18.0. The molecule has 0 fully saturated rings. The third kappa shape index (κ3) is 24.7. The molecule has 0 saturated heterocycles. The van der Waals surface area contributed by atoms with Crippen molar-refractivity contribution in [1.82, 2.24) is 0 Å². The van der Waals surface area contributed by atoms with Gasteiger partial charge in [0.15, 0.2) is 0 Å². The second-order valence-corrected chi connectivity index (χ2v) is 4.65. The standard InChI is InChI=1S/C8H8.C5H6O4.C4H6O2.C4H6/c1-2-8-6-4-3-5-7-8;1-3(5(8)9)2-4(6)7;1-3(2)4(5)6;1-3-4-2/h2-7H,1H2;1-2H2,(H,6,7)(H,8,9);1H2,2H3,(H,5,6);3-4H,1-2H2. The fraction of sp³-hybridized carbons (Fsp3) is 0.0952. The van der Waals surface area contributed by atoms with Gasteiger partial charge in [-0.15, -0.1) is 0 Å². The van der Waals surface area contributed by atoms with Crippen LogP contribution in [0.5, 0.6) is 0 Å². The van der Waals surface area contributed by atoms with E-state index in [1.807, 2.05) is 36.4 Å². The number of carbonyl (C=O) groups is 3. The molecule has 3 N–H and O–H groups in total. The predicted octanol–water partition coefficient (Wildman–Crippen LogP) is 4.44. The molecule has 0 bridgehead atoms. The quantitative estimate of drug-likeness (QED) is 0.501. The lowest BCUT2D eigenvalue weighted by atomic mass is 10.2. The molecule has 1 aromatic carbocycles. The molecule has 0 aliphatic carbocycles. The van der Waals surface area contributed by atoms with Gasteiger partial charge < -0.3 is 15.3 Å². The number of allylic oxidation sites excluding steroid dienone is 2. The van der Waals surface area contributed by atoms with Crippen molar-refractivity contribution in [3.05, 3.63) is 92.1 Å². The van der Waals surface area contributed by atoms with Gasteiger partial charge in [0.05, 0.1) is 6.42 Å². The van der Waals surface area contributed by atoms with E-state index >= 15 is 0 Å². The van der Waals surface area contributed by atoms with Gasteiger partial charge in [0.1, 0.15) is 0 Å². The van der Waals surface area contributed by atoms with Crippen LogP contribution in [-0.2, 0) is 14.4 Å². The van der Waals surface area contributed by atoms with Crippen LogP contribution >= 0.6 is 0 Å². The Bertz CT molecular complexity index is 639. The first-order valence-electron chi connectivity index (χ1n) is 7.45. The zero-order valence-corrected chi connectivity index (χ0v) is 15.4. The van der Waals surface area contributed by atoms with Crippen LogP contribution in [0.15, 0.2) is 86.5 Å². The average molecular weight is 374 g/mol. The first-order valence-corrected chi connectivity index (χ1v) is 7.45. The monoisotopic (exact) mass is 374 g/mol. The van der Waals surface area contributed by atoms with Crippen molar-refractivity contribution in [3.63, 3.8) is 0 Å². The minimum atomic E-state index is -1.27. The van der Waals surface area contributed by atoms with Gasteiger partial charge in [-0.2, -0.15) is 0 Å². The first kappa shape index (κ1) is 28.1. The maximum atomic E-state index is 9.87. The molecule has 27 heavy (non-hydrogen) atoms. The number of hydrogen-bond acceptors (Lipinski definition) is 3. The molecule has 0 aliphatic heterocycles. The Labute approximate surface area is 159 Å². The van der Waals surface area contributed by atoms with Crippen molar-refractivity contribution < 1.29 is 29.7 Å². The summed E-state index contributed by atoms with van der Waals surface area (Å²) in [5.41, 5.74) is 1.05. The molecule has 0 unspecified atom stereocenters. The van der Waals surface area contributed by atoms with E-state index in [-0.39, 0.29) is 11.1 Å². The summed E-state index contributed by atoms with van der Waals surface area (Å²) in [7, 11) is 0. The number of hydrogen-bond donors (Lipinski definition) is 3. The zero-order chi connectivity index (χ0) is 21.8. The lowest BCUT2D eigenvalue weighted by molar-refractivity contribution is -0.139. The third-order valence-corrected chi connectivity index (χ3v) is 2.23. The third-order valence-electron chi connectivity index (χ3n) is 2.23. The minimum absolute atomic E-state index is 0.176. The normalized spacial score (nSPS) is 7.74. The van der Waals surface area contributed by atoms with Crippen LogP contribution in [0.4, 0.5) is 0 Å². The lowest BCUT2D eigenvalue weighted by Gasteiger charge is -1.91. The highest BCUT2D eigenvalue weighted by Crippen LogP contribution is 1.97. The molecule has 146 valence electrons. The van der Waals surface area contributed by atoms with E-state index in [0.717, 1.165) is 0 Å². The van der Waals surface area contributed by atoms with Crippen LogP contribution in [0, 0.1) is 0 Å². The van der Waals surface area contributed by atoms with Crippen LogP contribution in [0.1, 0.15) is 18.9 Å². The molecule has 0 atom stereocenters. The number of benzene rings is 1. The van der Waals surface area contributed by atoms with Crippen molar-refractivity contribution in [2.45, 2.75) is 13.3 Å². The highest BCUT2D eigenvalue weighted by molar-refractivity contribution is 5.91. The van der Waals surface area contributed by atoms with Crippen molar-refractivity contribution in [1.29, 1.82) is 0 Å². The van der Waals surface area contributed by atoms with Crippen LogP contribution in [0.25, 0.3) is 6.08 Å². The lowest BCUT2D eigenvalue weighted by Crippen LogP contribution is -2.04. The van der Waals surface area contributed by atoms with E-state index in [0.29, 0.717) is 0 Å². The molecule has 0 heterocycles. The number of rotatable bonds is 6. The Morgan fingerprint density at radius 1 is 0.889 bits per heavy atom. The van der Waals surface area contributed by atoms with Crippen LogP contribution in [0.2, 0.25) is 0 Å². The van der Waals surface area contributed by atoms with Gasteiger partial charge in [-0.25, -0.2) is 9.59 Å². The van der Waals surface area contributed by atoms with Gasteiger partial charge in [0.2, 0.25) is 0 Å². The highest BCUT2D eigenvalue weighted by atomic mass is 16.4. The molecule has 6 nitrogen and oxygen atoms in total. The largest absolute Gasteiger partial charge is 0.481 e. The molecular formula is C21H26O6. The number of carboxylic acids is 3. The van der Waals surface area contributed by atoms with E-state index < -0.39 is 24.3 Å². The summed E-state index contributed by atoms with van der Waals surface area (Å²) in [5.74, 6) is -3.38. The predicted molar refractivity (Wildman–Crippen MR) is 108 cm³/mol. The van der Waals surface area contributed by atoms with Gasteiger partial charge >= 0.3 is 17.9 Å². The highest BCUT2D eigenvalue weighted by Gasteiger charge is 2.07. The number of carboxylic acid groups (broad SMARTS) is 3.